The molecule has 0 radical (unpaired) electrons. The van der Waals surface area contributed by atoms with Gasteiger partial charge in [-0.15, -0.1) is 0 Å². The molecule has 1 amide bonds. The van der Waals surface area contributed by atoms with E-state index in [4.69, 9.17) is 4.74 Å². The van der Waals surface area contributed by atoms with Crippen molar-refractivity contribution in [3.63, 3.8) is 0 Å². The number of hydrogen-bond acceptors (Lipinski definition) is 4. The second kappa shape index (κ2) is 7.50. The second-order valence-corrected chi connectivity index (χ2v) is 5.55. The molecule has 5 nitrogen and oxygen atoms in total. The quantitative estimate of drug-likeness (QED) is 0.687. The molecule has 1 atom stereocenters. The molecule has 0 aliphatic heterocycles. The van der Waals surface area contributed by atoms with Crippen LogP contribution in [0.25, 0.3) is 0 Å². The number of likely N-dealkylation sites (N-methyl/N-ethyl adjacent to an activating group) is 1. The summed E-state index contributed by atoms with van der Waals surface area (Å²) in [5.41, 5.74) is -0.435. The normalized spacial score (nSPS) is 13.6. The van der Waals surface area contributed by atoms with Gasteiger partial charge in [-0.05, 0) is 41.8 Å². The van der Waals surface area contributed by atoms with Gasteiger partial charge in [-0.25, -0.2) is 4.79 Å². The summed E-state index contributed by atoms with van der Waals surface area (Å²) in [5.74, 6) is 0. The molecule has 2 N–H and O–H groups in total. The summed E-state index contributed by atoms with van der Waals surface area (Å²) < 4.78 is 5.12. The van der Waals surface area contributed by atoms with Crippen molar-refractivity contribution in [2.24, 2.45) is 0 Å². The summed E-state index contributed by atoms with van der Waals surface area (Å²) in [6.07, 6.45) is -0.362. The highest BCUT2D eigenvalue weighted by atomic mass is 16.6. The van der Waals surface area contributed by atoms with Crippen LogP contribution in [0.1, 0.15) is 27.7 Å². The van der Waals surface area contributed by atoms with Crippen molar-refractivity contribution < 1.29 is 9.53 Å². The molecule has 1 unspecified atom stereocenters. The Labute approximate surface area is 105 Å². The number of amides is 1. The molecular formula is C12H27N3O2. The van der Waals surface area contributed by atoms with Gasteiger partial charge in [0, 0.05) is 25.7 Å². The zero-order valence-corrected chi connectivity index (χ0v) is 12.0. The Kier molecular flexibility index (Phi) is 7.15. The number of carbonyl (C=O) groups is 1. The van der Waals surface area contributed by atoms with E-state index in [9.17, 15) is 4.79 Å². The first-order valence-corrected chi connectivity index (χ1v) is 6.05. The third-order valence-electron chi connectivity index (χ3n) is 1.93. The Balaban J connectivity index is 3.55. The van der Waals surface area contributed by atoms with Gasteiger partial charge in [0.05, 0.1) is 0 Å². The summed E-state index contributed by atoms with van der Waals surface area (Å²) in [7, 11) is 4.08. The van der Waals surface area contributed by atoms with Crippen LogP contribution in [0.2, 0.25) is 0 Å². The minimum absolute atomic E-state index is 0.362. The van der Waals surface area contributed by atoms with Gasteiger partial charge in [-0.1, -0.05) is 0 Å². The Hall–Kier alpha value is -0.810. The Morgan fingerprint density at radius 1 is 1.29 bits per heavy atom. The molecule has 102 valence electrons. The summed E-state index contributed by atoms with van der Waals surface area (Å²) in [6.45, 7) is 9.97. The minimum atomic E-state index is -0.435. The molecule has 0 aromatic rings. The van der Waals surface area contributed by atoms with Crippen molar-refractivity contribution in [3.8, 4) is 0 Å². The highest BCUT2D eigenvalue weighted by Crippen LogP contribution is 2.05. The first kappa shape index (κ1) is 16.2. The Morgan fingerprint density at radius 3 is 2.35 bits per heavy atom. The van der Waals surface area contributed by atoms with E-state index in [-0.39, 0.29) is 6.09 Å². The SMILES string of the molecule is CC(CN(C)C)NCCNC(=O)OC(C)(C)C. The van der Waals surface area contributed by atoms with Gasteiger partial charge < -0.3 is 20.3 Å². The summed E-state index contributed by atoms with van der Waals surface area (Å²) in [5, 5.41) is 6.03. The van der Waals surface area contributed by atoms with Crippen LogP contribution in [0, 0.1) is 0 Å². The van der Waals surface area contributed by atoms with Crippen LogP contribution in [0.4, 0.5) is 4.79 Å². The van der Waals surface area contributed by atoms with Crippen LogP contribution in [-0.2, 0) is 4.74 Å². The van der Waals surface area contributed by atoms with Crippen molar-refractivity contribution in [2.45, 2.75) is 39.3 Å². The minimum Gasteiger partial charge on any atom is -0.444 e. The molecular weight excluding hydrogens is 218 g/mol. The highest BCUT2D eigenvalue weighted by molar-refractivity contribution is 5.67. The Morgan fingerprint density at radius 2 is 1.88 bits per heavy atom. The molecule has 0 aromatic heterocycles. The first-order valence-electron chi connectivity index (χ1n) is 6.05. The fourth-order valence-corrected chi connectivity index (χ4v) is 1.41. The highest BCUT2D eigenvalue weighted by Gasteiger charge is 2.15. The van der Waals surface area contributed by atoms with Crippen molar-refractivity contribution in [3.05, 3.63) is 0 Å². The van der Waals surface area contributed by atoms with Gasteiger partial charge in [0.15, 0.2) is 0 Å². The average Bonchev–Trinajstić information content (AvgIpc) is 2.08. The molecule has 0 aliphatic rings. The fourth-order valence-electron chi connectivity index (χ4n) is 1.41. The maximum Gasteiger partial charge on any atom is 0.407 e. The van der Waals surface area contributed by atoms with Crippen LogP contribution >= 0.6 is 0 Å². The summed E-state index contributed by atoms with van der Waals surface area (Å²) in [6, 6.07) is 0.408. The van der Waals surface area contributed by atoms with E-state index in [2.05, 4.69) is 22.5 Å². The Bertz CT molecular complexity index is 224. The third-order valence-corrected chi connectivity index (χ3v) is 1.93. The van der Waals surface area contributed by atoms with E-state index in [1.807, 2.05) is 34.9 Å². The summed E-state index contributed by atoms with van der Waals surface area (Å²) in [4.78, 5) is 13.4. The molecule has 0 rings (SSSR count). The van der Waals surface area contributed by atoms with Gasteiger partial charge in [0.25, 0.3) is 0 Å². The van der Waals surface area contributed by atoms with Crippen LogP contribution in [0.5, 0.6) is 0 Å². The van der Waals surface area contributed by atoms with Gasteiger partial charge in [-0.2, -0.15) is 0 Å². The monoisotopic (exact) mass is 245 g/mol. The lowest BCUT2D eigenvalue weighted by atomic mass is 10.2. The van der Waals surface area contributed by atoms with E-state index in [1.54, 1.807) is 0 Å². The number of ether oxygens (including phenoxy) is 1. The first-order chi connectivity index (χ1) is 7.70. The number of nitrogens with zero attached hydrogens (tertiary/aromatic N) is 1. The summed E-state index contributed by atoms with van der Waals surface area (Å²) >= 11 is 0. The van der Waals surface area contributed by atoms with Gasteiger partial charge >= 0.3 is 6.09 Å². The van der Waals surface area contributed by atoms with Gasteiger partial charge in [0.2, 0.25) is 0 Å². The van der Waals surface area contributed by atoms with Crippen molar-refractivity contribution in [1.82, 2.24) is 15.5 Å². The van der Waals surface area contributed by atoms with E-state index in [0.29, 0.717) is 12.6 Å². The number of hydrogen-bond donors (Lipinski definition) is 2. The van der Waals surface area contributed by atoms with Crippen molar-refractivity contribution in [2.75, 3.05) is 33.7 Å². The molecule has 0 bridgehead atoms. The molecule has 0 heterocycles. The predicted octanol–water partition coefficient (Wildman–Crippen LogP) is 1.05. The molecule has 0 aromatic carbocycles. The maximum absolute atomic E-state index is 11.3. The fraction of sp³-hybridized carbons (Fsp3) is 0.917. The van der Waals surface area contributed by atoms with E-state index in [1.165, 1.54) is 0 Å². The average molecular weight is 245 g/mol. The molecule has 0 saturated heterocycles. The van der Waals surface area contributed by atoms with E-state index in [0.717, 1.165) is 13.1 Å². The number of carbonyl (C=O) groups excluding carboxylic acids is 1. The molecule has 17 heavy (non-hydrogen) atoms. The van der Waals surface area contributed by atoms with E-state index >= 15 is 0 Å². The number of alkyl carbamates (subject to hydrolysis) is 1. The number of nitrogens with one attached hydrogen (secondary N) is 2. The largest absolute Gasteiger partial charge is 0.444 e. The second-order valence-electron chi connectivity index (χ2n) is 5.55. The predicted molar refractivity (Wildman–Crippen MR) is 70.3 cm³/mol. The van der Waals surface area contributed by atoms with E-state index < -0.39 is 5.60 Å². The van der Waals surface area contributed by atoms with Crippen LogP contribution in [-0.4, -0.2) is 56.4 Å². The lowest BCUT2D eigenvalue weighted by molar-refractivity contribution is 0.0528. The van der Waals surface area contributed by atoms with Crippen molar-refractivity contribution in [1.29, 1.82) is 0 Å². The van der Waals surface area contributed by atoms with Gasteiger partial charge in [-0.3, -0.25) is 0 Å². The lowest BCUT2D eigenvalue weighted by Crippen LogP contribution is -2.41. The van der Waals surface area contributed by atoms with Crippen LogP contribution < -0.4 is 10.6 Å². The molecule has 0 saturated carbocycles. The zero-order chi connectivity index (χ0) is 13.5. The van der Waals surface area contributed by atoms with Gasteiger partial charge in [0.1, 0.15) is 5.60 Å². The van der Waals surface area contributed by atoms with Crippen LogP contribution in [0.3, 0.4) is 0 Å². The number of rotatable bonds is 6. The molecule has 5 heteroatoms. The molecule has 0 fully saturated rings. The smallest absolute Gasteiger partial charge is 0.407 e. The third kappa shape index (κ3) is 11.5. The van der Waals surface area contributed by atoms with Crippen molar-refractivity contribution >= 4 is 6.09 Å². The zero-order valence-electron chi connectivity index (χ0n) is 12.0. The van der Waals surface area contributed by atoms with Crippen LogP contribution in [0.15, 0.2) is 0 Å². The standard InChI is InChI=1S/C12H27N3O2/c1-10(9-15(5)6)13-7-8-14-11(16)17-12(2,3)4/h10,13H,7-9H2,1-6H3,(H,14,16). The molecule has 0 spiro atoms. The lowest BCUT2D eigenvalue weighted by Gasteiger charge is -2.21. The maximum atomic E-state index is 11.3. The topological polar surface area (TPSA) is 53.6 Å². The molecule has 0 aliphatic carbocycles.